The fraction of sp³-hybridized carbons (Fsp3) is 0.786. The predicted molar refractivity (Wildman–Crippen MR) is 65.6 cm³/mol. The minimum absolute atomic E-state index is 0.00824. The molecule has 0 unspecified atom stereocenters. The normalized spacial score (nSPS) is 42.5. The third kappa shape index (κ3) is 1.71. The molecule has 96 valence electrons. The van der Waals surface area contributed by atoms with E-state index in [1.807, 2.05) is 6.08 Å². The Kier molecular flexibility index (Phi) is 2.66. The molecule has 1 aliphatic heterocycles. The van der Waals surface area contributed by atoms with Crippen molar-refractivity contribution in [2.75, 3.05) is 0 Å². The molecule has 17 heavy (non-hydrogen) atoms. The summed E-state index contributed by atoms with van der Waals surface area (Å²) < 4.78 is 11.4. The van der Waals surface area contributed by atoms with Crippen molar-refractivity contribution in [3.05, 3.63) is 12.7 Å². The predicted octanol–water partition coefficient (Wildman–Crippen LogP) is 2.84. The van der Waals surface area contributed by atoms with Crippen LogP contribution in [0.25, 0.3) is 0 Å². The molecule has 0 bridgehead atoms. The lowest BCUT2D eigenvalue weighted by Crippen LogP contribution is -2.48. The second-order valence-corrected chi connectivity index (χ2v) is 6.18. The molecule has 1 heterocycles. The summed E-state index contributed by atoms with van der Waals surface area (Å²) in [5, 5.41) is 0. The fourth-order valence-electron chi connectivity index (χ4n) is 3.72. The Bertz CT molecular complexity index is 360. The van der Waals surface area contributed by atoms with Crippen molar-refractivity contribution in [3.8, 4) is 0 Å². The molecule has 0 aromatic rings. The van der Waals surface area contributed by atoms with Crippen molar-refractivity contribution in [2.24, 2.45) is 5.41 Å². The maximum absolute atomic E-state index is 11.1. The highest BCUT2D eigenvalue weighted by atomic mass is 16.6. The third-order valence-electron chi connectivity index (χ3n) is 4.42. The van der Waals surface area contributed by atoms with Gasteiger partial charge in [0.2, 0.25) is 0 Å². The summed E-state index contributed by atoms with van der Waals surface area (Å²) in [7, 11) is 0. The highest BCUT2D eigenvalue weighted by Crippen LogP contribution is 2.67. The lowest BCUT2D eigenvalue weighted by Gasteiger charge is -2.41. The Labute approximate surface area is 103 Å². The van der Waals surface area contributed by atoms with Gasteiger partial charge in [-0.25, -0.2) is 0 Å². The van der Waals surface area contributed by atoms with Crippen LogP contribution >= 0.6 is 0 Å². The van der Waals surface area contributed by atoms with Crippen molar-refractivity contribution >= 4 is 5.97 Å². The van der Waals surface area contributed by atoms with Crippen LogP contribution in [0.2, 0.25) is 0 Å². The summed E-state index contributed by atoms with van der Waals surface area (Å²) in [5.41, 5.74) is -0.268. The summed E-state index contributed by atoms with van der Waals surface area (Å²) in [4.78, 5) is 11.1. The van der Waals surface area contributed by atoms with E-state index in [4.69, 9.17) is 9.47 Å². The number of hydrogen-bond acceptors (Lipinski definition) is 3. The topological polar surface area (TPSA) is 38.8 Å². The molecule has 1 saturated carbocycles. The first kappa shape index (κ1) is 12.6. The lowest BCUT2D eigenvalue weighted by atomic mass is 9.62. The van der Waals surface area contributed by atoms with Gasteiger partial charge in [0.1, 0.15) is 11.7 Å². The summed E-state index contributed by atoms with van der Waals surface area (Å²) in [6.45, 7) is 11.8. The molecule has 0 amide bonds. The molecular weight excluding hydrogens is 216 g/mol. The van der Waals surface area contributed by atoms with E-state index < -0.39 is 0 Å². The lowest BCUT2D eigenvalue weighted by molar-refractivity contribution is -0.150. The number of carbonyl (C=O) groups is 1. The monoisotopic (exact) mass is 238 g/mol. The van der Waals surface area contributed by atoms with Gasteiger partial charge in [0.05, 0.1) is 5.60 Å². The molecule has 0 N–H and O–H groups in total. The SMILES string of the molecule is C=CC[C@]12O[C@@]1(C)C[C@@H](OC(C)=O)CC2(C)C. The largest absolute Gasteiger partial charge is 0.462 e. The molecule has 3 atom stereocenters. The van der Waals surface area contributed by atoms with Gasteiger partial charge in [0, 0.05) is 18.8 Å². The van der Waals surface area contributed by atoms with Gasteiger partial charge in [0.15, 0.2) is 0 Å². The Morgan fingerprint density at radius 1 is 1.47 bits per heavy atom. The maximum atomic E-state index is 11.1. The zero-order chi connectivity index (χ0) is 12.9. The first-order valence-electron chi connectivity index (χ1n) is 6.25. The van der Waals surface area contributed by atoms with E-state index in [0.717, 1.165) is 19.3 Å². The number of esters is 1. The van der Waals surface area contributed by atoms with Gasteiger partial charge in [-0.2, -0.15) is 0 Å². The van der Waals surface area contributed by atoms with Gasteiger partial charge in [-0.1, -0.05) is 19.9 Å². The Morgan fingerprint density at radius 3 is 2.59 bits per heavy atom. The van der Waals surface area contributed by atoms with E-state index >= 15 is 0 Å². The second-order valence-electron chi connectivity index (χ2n) is 6.18. The van der Waals surface area contributed by atoms with Crippen LogP contribution in [0.3, 0.4) is 0 Å². The van der Waals surface area contributed by atoms with Crippen molar-refractivity contribution < 1.29 is 14.3 Å². The van der Waals surface area contributed by atoms with Crippen LogP contribution in [0.5, 0.6) is 0 Å². The first-order valence-corrected chi connectivity index (χ1v) is 6.25. The van der Waals surface area contributed by atoms with E-state index in [0.29, 0.717) is 0 Å². The van der Waals surface area contributed by atoms with Crippen LogP contribution < -0.4 is 0 Å². The maximum Gasteiger partial charge on any atom is 0.302 e. The zero-order valence-corrected chi connectivity index (χ0v) is 11.2. The van der Waals surface area contributed by atoms with Gasteiger partial charge in [-0.15, -0.1) is 6.58 Å². The molecule has 1 aliphatic carbocycles. The number of carbonyl (C=O) groups excluding carboxylic acids is 1. The Hall–Kier alpha value is -0.830. The third-order valence-corrected chi connectivity index (χ3v) is 4.42. The molecule has 1 saturated heterocycles. The van der Waals surface area contributed by atoms with E-state index in [1.165, 1.54) is 6.92 Å². The number of rotatable bonds is 3. The summed E-state index contributed by atoms with van der Waals surface area (Å²) >= 11 is 0. The van der Waals surface area contributed by atoms with Crippen molar-refractivity contribution in [3.63, 3.8) is 0 Å². The van der Waals surface area contributed by atoms with Gasteiger partial charge in [-0.3, -0.25) is 4.79 Å². The number of ether oxygens (including phenoxy) is 2. The van der Waals surface area contributed by atoms with Crippen molar-refractivity contribution in [2.45, 2.75) is 64.3 Å². The van der Waals surface area contributed by atoms with Crippen LogP contribution in [0, 0.1) is 5.41 Å². The number of fused-ring (bicyclic) bond motifs is 1. The van der Waals surface area contributed by atoms with Gasteiger partial charge in [0.25, 0.3) is 0 Å². The highest BCUT2D eigenvalue weighted by Gasteiger charge is 2.75. The molecule has 0 aromatic carbocycles. The summed E-state index contributed by atoms with van der Waals surface area (Å²) in [6, 6.07) is 0. The quantitative estimate of drug-likeness (QED) is 0.431. The molecule has 3 heteroatoms. The second kappa shape index (κ2) is 3.58. The van der Waals surface area contributed by atoms with Gasteiger partial charge >= 0.3 is 5.97 Å². The van der Waals surface area contributed by atoms with Crippen LogP contribution in [-0.4, -0.2) is 23.3 Å². The Morgan fingerprint density at radius 2 is 2.12 bits per heavy atom. The van der Waals surface area contributed by atoms with Gasteiger partial charge < -0.3 is 9.47 Å². The molecule has 2 aliphatic rings. The van der Waals surface area contributed by atoms with E-state index in [9.17, 15) is 4.79 Å². The molecular formula is C14H22O3. The van der Waals surface area contributed by atoms with Crippen LogP contribution in [-0.2, 0) is 14.3 Å². The van der Waals surface area contributed by atoms with E-state index in [-0.39, 0.29) is 28.7 Å². The smallest absolute Gasteiger partial charge is 0.302 e. The van der Waals surface area contributed by atoms with Gasteiger partial charge in [-0.05, 0) is 19.8 Å². The van der Waals surface area contributed by atoms with E-state index in [2.05, 4.69) is 27.4 Å². The number of hydrogen-bond donors (Lipinski definition) is 0. The fourth-order valence-corrected chi connectivity index (χ4v) is 3.72. The minimum Gasteiger partial charge on any atom is -0.462 e. The molecule has 0 aromatic heterocycles. The average molecular weight is 238 g/mol. The molecule has 0 radical (unpaired) electrons. The molecule has 3 nitrogen and oxygen atoms in total. The zero-order valence-electron chi connectivity index (χ0n) is 11.2. The minimum atomic E-state index is -0.203. The summed E-state index contributed by atoms with van der Waals surface area (Å²) in [5.74, 6) is -0.203. The summed E-state index contributed by atoms with van der Waals surface area (Å²) in [6.07, 6.45) is 4.43. The average Bonchev–Trinajstić information content (AvgIpc) is 2.70. The Balaban J connectivity index is 2.19. The molecule has 2 fully saturated rings. The molecule has 2 rings (SSSR count). The highest BCUT2D eigenvalue weighted by molar-refractivity contribution is 5.66. The first-order chi connectivity index (χ1) is 7.76. The van der Waals surface area contributed by atoms with E-state index in [1.54, 1.807) is 0 Å². The molecule has 0 spiro atoms. The standard InChI is InChI=1S/C14H22O3/c1-6-7-14-12(3,4)8-11(16-10(2)15)9-13(14,5)17-14/h6,11H,1,7-9H2,2-5H3/t11-,13-,14+/m0/s1. The van der Waals surface area contributed by atoms with Crippen LogP contribution in [0.1, 0.15) is 47.0 Å². The van der Waals surface area contributed by atoms with Crippen LogP contribution in [0.4, 0.5) is 0 Å². The van der Waals surface area contributed by atoms with Crippen LogP contribution in [0.15, 0.2) is 12.7 Å². The number of epoxide rings is 1. The van der Waals surface area contributed by atoms with Crippen molar-refractivity contribution in [1.29, 1.82) is 0 Å². The van der Waals surface area contributed by atoms with Crippen molar-refractivity contribution in [1.82, 2.24) is 0 Å².